The number of carbonyl (C=O) groups excluding carboxylic acids is 2. The minimum Gasteiger partial charge on any atom is -0.506 e. The summed E-state index contributed by atoms with van der Waals surface area (Å²) in [6.45, 7) is 6.49. The number of anilines is 1. The Labute approximate surface area is 331 Å². The molecule has 2 atom stereocenters. The number of allylic oxidation sites excluding steroid dienone is 1. The van der Waals surface area contributed by atoms with E-state index in [2.05, 4.69) is 39.8 Å². The molecule has 1 saturated heterocycles. The van der Waals surface area contributed by atoms with Crippen LogP contribution in [0.1, 0.15) is 85.8 Å². The quantitative estimate of drug-likeness (QED) is 0.0241. The van der Waals surface area contributed by atoms with E-state index in [1.54, 1.807) is 60.7 Å². The molecular weight excluding hydrogens is 707 g/mol. The van der Waals surface area contributed by atoms with Gasteiger partial charge in [-0.1, -0.05) is 110 Å². The SMILES string of the molecule is C/C=C\c1c(C(O)CNCCCCCCCOc2cccc(C(O)(C(=O)OCC3CCN(Cc4ccccc4)CC3)c3ccccc3)c2)ccc(O)c1NC=O. The molecule has 0 spiro atoms. The van der Waals surface area contributed by atoms with Crippen molar-refractivity contribution in [2.45, 2.75) is 70.1 Å². The van der Waals surface area contributed by atoms with Crippen LogP contribution in [0.15, 0.2) is 103 Å². The van der Waals surface area contributed by atoms with Crippen molar-refractivity contribution in [3.63, 3.8) is 0 Å². The van der Waals surface area contributed by atoms with E-state index in [0.717, 1.165) is 71.1 Å². The van der Waals surface area contributed by atoms with Crippen molar-refractivity contribution < 1.29 is 34.4 Å². The van der Waals surface area contributed by atoms with E-state index < -0.39 is 17.7 Å². The van der Waals surface area contributed by atoms with E-state index in [9.17, 15) is 24.9 Å². The van der Waals surface area contributed by atoms with Gasteiger partial charge in [0.1, 0.15) is 11.5 Å². The predicted octanol–water partition coefficient (Wildman–Crippen LogP) is 7.34. The summed E-state index contributed by atoms with van der Waals surface area (Å²) >= 11 is 0. The number of esters is 1. The fourth-order valence-electron chi connectivity index (χ4n) is 7.24. The number of carbonyl (C=O) groups is 2. The Hall–Kier alpha value is -5.00. The number of unbranched alkanes of at least 4 members (excludes halogenated alkanes) is 4. The van der Waals surface area contributed by atoms with Crippen molar-refractivity contribution in [3.8, 4) is 11.5 Å². The van der Waals surface area contributed by atoms with Crippen molar-refractivity contribution in [1.82, 2.24) is 10.2 Å². The summed E-state index contributed by atoms with van der Waals surface area (Å²) in [5.74, 6) is 0.0766. The third kappa shape index (κ3) is 11.8. The molecule has 1 aliphatic rings. The van der Waals surface area contributed by atoms with Gasteiger partial charge in [-0.15, -0.1) is 0 Å². The number of phenolic OH excluding ortho intramolecular Hbond substituents is 1. The van der Waals surface area contributed by atoms with Gasteiger partial charge in [-0.05, 0) is 93.0 Å². The summed E-state index contributed by atoms with van der Waals surface area (Å²) in [7, 11) is 0. The molecule has 298 valence electrons. The van der Waals surface area contributed by atoms with Crippen LogP contribution in [0, 0.1) is 5.92 Å². The Morgan fingerprint density at radius 3 is 2.34 bits per heavy atom. The maximum atomic E-state index is 13.8. The number of benzene rings is 4. The maximum absolute atomic E-state index is 13.8. The molecule has 0 radical (unpaired) electrons. The third-order valence-corrected chi connectivity index (χ3v) is 10.4. The third-order valence-electron chi connectivity index (χ3n) is 10.4. The summed E-state index contributed by atoms with van der Waals surface area (Å²) in [5, 5.41) is 38.9. The summed E-state index contributed by atoms with van der Waals surface area (Å²) in [6.07, 6.45) is 9.95. The molecule has 0 aliphatic carbocycles. The normalized spacial score (nSPS) is 15.3. The van der Waals surface area contributed by atoms with Crippen LogP contribution >= 0.6 is 0 Å². The molecule has 4 aromatic carbocycles. The highest BCUT2D eigenvalue weighted by atomic mass is 16.5. The Bertz CT molecular complexity index is 1830. The molecule has 10 nitrogen and oxygen atoms in total. The minimum absolute atomic E-state index is 0.0579. The smallest absolute Gasteiger partial charge is 0.347 e. The second kappa shape index (κ2) is 21.9. The lowest BCUT2D eigenvalue weighted by atomic mass is 9.86. The molecule has 56 heavy (non-hydrogen) atoms. The van der Waals surface area contributed by atoms with Crippen molar-refractivity contribution in [2.24, 2.45) is 5.92 Å². The number of hydrogen-bond donors (Lipinski definition) is 5. The van der Waals surface area contributed by atoms with Gasteiger partial charge in [-0.2, -0.15) is 0 Å². The Morgan fingerprint density at radius 1 is 0.911 bits per heavy atom. The van der Waals surface area contributed by atoms with E-state index >= 15 is 0 Å². The van der Waals surface area contributed by atoms with Gasteiger partial charge in [0, 0.05) is 24.2 Å². The van der Waals surface area contributed by atoms with Gasteiger partial charge in [0.15, 0.2) is 0 Å². The number of rotatable bonds is 22. The summed E-state index contributed by atoms with van der Waals surface area (Å²) in [5.41, 5.74) is 1.64. The number of phenols is 1. The van der Waals surface area contributed by atoms with Gasteiger partial charge >= 0.3 is 5.97 Å². The number of piperidine rings is 1. The Balaban J connectivity index is 1.03. The van der Waals surface area contributed by atoms with Crippen molar-refractivity contribution in [3.05, 3.63) is 131 Å². The van der Waals surface area contributed by atoms with Crippen LogP contribution in [0.3, 0.4) is 0 Å². The molecule has 1 amide bonds. The fraction of sp³-hybridized carbons (Fsp3) is 0.391. The number of ether oxygens (including phenoxy) is 2. The fourth-order valence-corrected chi connectivity index (χ4v) is 7.24. The number of aliphatic hydroxyl groups is 2. The predicted molar refractivity (Wildman–Crippen MR) is 220 cm³/mol. The number of aliphatic hydroxyl groups excluding tert-OH is 1. The Morgan fingerprint density at radius 2 is 1.61 bits per heavy atom. The Kier molecular flexibility index (Phi) is 16.5. The second-order valence-corrected chi connectivity index (χ2v) is 14.5. The average molecular weight is 764 g/mol. The minimum atomic E-state index is -1.98. The van der Waals surface area contributed by atoms with Crippen molar-refractivity contribution >= 4 is 24.1 Å². The monoisotopic (exact) mass is 763 g/mol. The van der Waals surface area contributed by atoms with Crippen LogP contribution in [0.5, 0.6) is 11.5 Å². The van der Waals surface area contributed by atoms with Gasteiger partial charge < -0.3 is 35.4 Å². The maximum Gasteiger partial charge on any atom is 0.347 e. The molecule has 2 unspecified atom stereocenters. The molecule has 10 heteroatoms. The zero-order valence-corrected chi connectivity index (χ0v) is 32.4. The molecular formula is C46H57N3O7. The van der Waals surface area contributed by atoms with E-state index in [1.807, 2.05) is 25.1 Å². The molecule has 5 N–H and O–H groups in total. The second-order valence-electron chi connectivity index (χ2n) is 14.5. The molecule has 0 aromatic heterocycles. The van der Waals surface area contributed by atoms with Crippen molar-refractivity contribution in [1.29, 1.82) is 0 Å². The van der Waals surface area contributed by atoms with Gasteiger partial charge in [-0.25, -0.2) is 4.79 Å². The topological polar surface area (TPSA) is 141 Å². The largest absolute Gasteiger partial charge is 0.506 e. The lowest BCUT2D eigenvalue weighted by Crippen LogP contribution is -2.40. The lowest BCUT2D eigenvalue weighted by Gasteiger charge is -2.33. The summed E-state index contributed by atoms with van der Waals surface area (Å²) in [6, 6.07) is 29.6. The van der Waals surface area contributed by atoms with Crippen LogP contribution in [-0.2, 0) is 26.5 Å². The van der Waals surface area contributed by atoms with E-state index in [1.165, 1.54) is 11.6 Å². The van der Waals surface area contributed by atoms with E-state index in [-0.39, 0.29) is 24.0 Å². The molecule has 0 bridgehead atoms. The molecule has 5 rings (SSSR count). The van der Waals surface area contributed by atoms with E-state index in [4.69, 9.17) is 9.47 Å². The van der Waals surface area contributed by atoms with Crippen LogP contribution in [0.4, 0.5) is 5.69 Å². The molecule has 0 saturated carbocycles. The zero-order valence-electron chi connectivity index (χ0n) is 32.4. The van der Waals surface area contributed by atoms with Crippen LogP contribution in [-0.4, -0.2) is 72.0 Å². The van der Waals surface area contributed by atoms with Crippen LogP contribution in [0.2, 0.25) is 0 Å². The number of hydrogen-bond acceptors (Lipinski definition) is 9. The van der Waals surface area contributed by atoms with E-state index in [0.29, 0.717) is 47.6 Å². The average Bonchev–Trinajstić information content (AvgIpc) is 3.23. The van der Waals surface area contributed by atoms with Gasteiger partial charge in [0.05, 0.1) is 25.0 Å². The van der Waals surface area contributed by atoms with Crippen LogP contribution in [0.25, 0.3) is 6.08 Å². The highest BCUT2D eigenvalue weighted by Crippen LogP contribution is 2.35. The number of aromatic hydroxyl groups is 1. The summed E-state index contributed by atoms with van der Waals surface area (Å²) in [4.78, 5) is 27.2. The molecule has 1 fully saturated rings. The standard InChI is InChI=1S/C46H57N3O7/c1-2-15-41-40(22-23-42(51)44(41)48-34-50)43(52)31-47-26-12-4-3-5-13-29-55-39-21-14-20-38(30-39)46(54,37-18-10-7-11-19-37)45(53)56-33-36-24-27-49(28-25-36)32-35-16-8-6-9-17-35/h2,6-11,14-23,30,34,36,43,47,51-52,54H,3-5,12-13,24-29,31-33H2,1H3,(H,48,50)/b15-2-. The highest BCUT2D eigenvalue weighted by molar-refractivity contribution is 5.86. The highest BCUT2D eigenvalue weighted by Gasteiger charge is 2.42. The lowest BCUT2D eigenvalue weighted by molar-refractivity contribution is -0.164. The molecule has 4 aromatic rings. The first kappa shape index (κ1) is 42.1. The summed E-state index contributed by atoms with van der Waals surface area (Å²) < 4.78 is 12.0. The zero-order chi connectivity index (χ0) is 39.6. The van der Waals surface area contributed by atoms with Gasteiger partial charge in [-0.3, -0.25) is 9.69 Å². The number of nitrogens with zero attached hydrogens (tertiary/aromatic N) is 1. The van der Waals surface area contributed by atoms with Crippen LogP contribution < -0.4 is 15.4 Å². The van der Waals surface area contributed by atoms with Gasteiger partial charge in [0.2, 0.25) is 12.0 Å². The number of nitrogens with one attached hydrogen (secondary N) is 2. The van der Waals surface area contributed by atoms with Gasteiger partial charge in [0.25, 0.3) is 0 Å². The molecule has 1 heterocycles. The number of amides is 1. The molecule has 1 aliphatic heterocycles. The first-order valence-electron chi connectivity index (χ1n) is 19.9. The first-order chi connectivity index (χ1) is 27.3. The van der Waals surface area contributed by atoms with Crippen molar-refractivity contribution in [2.75, 3.05) is 44.7 Å². The number of likely N-dealkylation sites (tertiary alicyclic amines) is 1. The first-order valence-corrected chi connectivity index (χ1v) is 19.9.